The molecular formula is C18H17FN2O4. The van der Waals surface area contributed by atoms with Crippen LogP contribution >= 0.6 is 0 Å². The van der Waals surface area contributed by atoms with Crippen LogP contribution in [0.3, 0.4) is 0 Å². The molecule has 0 spiro atoms. The van der Waals surface area contributed by atoms with Crippen molar-refractivity contribution in [3.8, 4) is 0 Å². The SMILES string of the molecule is COC(=O)c1cccc(C(=O)N[C@@H](Cc2ccc(F)cc2)C(N)=O)c1. The number of halogens is 1. The fourth-order valence-corrected chi connectivity index (χ4v) is 2.23. The van der Waals surface area contributed by atoms with Crippen molar-refractivity contribution in [1.29, 1.82) is 0 Å². The van der Waals surface area contributed by atoms with Crippen molar-refractivity contribution in [3.63, 3.8) is 0 Å². The van der Waals surface area contributed by atoms with Crippen LogP contribution in [0.15, 0.2) is 48.5 Å². The quantitative estimate of drug-likeness (QED) is 0.775. The highest BCUT2D eigenvalue weighted by molar-refractivity contribution is 5.99. The summed E-state index contributed by atoms with van der Waals surface area (Å²) in [6, 6.07) is 10.5. The van der Waals surface area contributed by atoms with Gasteiger partial charge in [0.05, 0.1) is 12.7 Å². The van der Waals surface area contributed by atoms with Crippen LogP contribution in [0.5, 0.6) is 0 Å². The van der Waals surface area contributed by atoms with Crippen molar-refractivity contribution in [2.75, 3.05) is 7.11 Å². The van der Waals surface area contributed by atoms with Crippen LogP contribution in [0.1, 0.15) is 26.3 Å². The summed E-state index contributed by atoms with van der Waals surface area (Å²) in [6.45, 7) is 0. The molecule has 2 aromatic carbocycles. The molecule has 0 aliphatic heterocycles. The van der Waals surface area contributed by atoms with E-state index < -0.39 is 29.6 Å². The Hall–Kier alpha value is -3.22. The summed E-state index contributed by atoms with van der Waals surface area (Å²) in [7, 11) is 1.24. The predicted molar refractivity (Wildman–Crippen MR) is 88.3 cm³/mol. The molecule has 0 aliphatic carbocycles. The van der Waals surface area contributed by atoms with E-state index in [-0.39, 0.29) is 17.5 Å². The molecule has 0 saturated heterocycles. The number of primary amides is 1. The fourth-order valence-electron chi connectivity index (χ4n) is 2.23. The number of esters is 1. The lowest BCUT2D eigenvalue weighted by Crippen LogP contribution is -2.45. The van der Waals surface area contributed by atoms with Crippen molar-refractivity contribution in [2.24, 2.45) is 5.73 Å². The Kier molecular flexibility index (Phi) is 5.84. The molecule has 7 heteroatoms. The van der Waals surface area contributed by atoms with E-state index in [1.165, 1.54) is 55.6 Å². The number of amides is 2. The van der Waals surface area contributed by atoms with Gasteiger partial charge in [-0.3, -0.25) is 9.59 Å². The Morgan fingerprint density at radius 1 is 1.12 bits per heavy atom. The molecule has 130 valence electrons. The van der Waals surface area contributed by atoms with Gasteiger partial charge in [0.15, 0.2) is 0 Å². The van der Waals surface area contributed by atoms with Crippen LogP contribution in [-0.2, 0) is 16.0 Å². The Morgan fingerprint density at radius 2 is 1.76 bits per heavy atom. The largest absolute Gasteiger partial charge is 0.465 e. The number of hydrogen-bond donors (Lipinski definition) is 2. The van der Waals surface area contributed by atoms with Gasteiger partial charge in [0.2, 0.25) is 5.91 Å². The topological polar surface area (TPSA) is 98.5 Å². The number of carbonyl (C=O) groups is 3. The first-order chi connectivity index (χ1) is 11.9. The van der Waals surface area contributed by atoms with Crippen LogP contribution < -0.4 is 11.1 Å². The minimum Gasteiger partial charge on any atom is -0.465 e. The third-order valence-corrected chi connectivity index (χ3v) is 3.55. The lowest BCUT2D eigenvalue weighted by molar-refractivity contribution is -0.119. The number of nitrogens with one attached hydrogen (secondary N) is 1. The molecular weight excluding hydrogens is 327 g/mol. The van der Waals surface area contributed by atoms with Crippen molar-refractivity contribution in [2.45, 2.75) is 12.5 Å². The molecule has 3 N–H and O–H groups in total. The van der Waals surface area contributed by atoms with Crippen LogP contribution in [0.4, 0.5) is 4.39 Å². The molecule has 0 aliphatic rings. The van der Waals surface area contributed by atoms with Crippen LogP contribution in [0, 0.1) is 5.82 Å². The average molecular weight is 344 g/mol. The first-order valence-corrected chi connectivity index (χ1v) is 7.43. The van der Waals surface area contributed by atoms with E-state index in [1.54, 1.807) is 0 Å². The van der Waals surface area contributed by atoms with E-state index >= 15 is 0 Å². The number of carbonyl (C=O) groups excluding carboxylic acids is 3. The van der Waals surface area contributed by atoms with Crippen LogP contribution in [0.25, 0.3) is 0 Å². The summed E-state index contributed by atoms with van der Waals surface area (Å²) in [5, 5.41) is 2.52. The highest BCUT2D eigenvalue weighted by Gasteiger charge is 2.20. The van der Waals surface area contributed by atoms with E-state index in [4.69, 9.17) is 5.73 Å². The lowest BCUT2D eigenvalue weighted by atomic mass is 10.0. The van der Waals surface area contributed by atoms with Crippen LogP contribution in [0.2, 0.25) is 0 Å². The Bertz CT molecular complexity index is 790. The highest BCUT2D eigenvalue weighted by Crippen LogP contribution is 2.09. The number of nitrogens with two attached hydrogens (primary N) is 1. The normalized spacial score (nSPS) is 11.4. The first kappa shape index (κ1) is 18.1. The van der Waals surface area contributed by atoms with Crippen LogP contribution in [-0.4, -0.2) is 30.9 Å². The zero-order valence-corrected chi connectivity index (χ0v) is 13.5. The number of ether oxygens (including phenoxy) is 1. The second-order valence-electron chi connectivity index (χ2n) is 5.33. The molecule has 0 bridgehead atoms. The molecule has 2 aromatic rings. The standard InChI is InChI=1S/C18H17FN2O4/c1-25-18(24)13-4-2-3-12(10-13)17(23)21-15(16(20)22)9-11-5-7-14(19)8-6-11/h2-8,10,15H,9H2,1H3,(H2,20,22)(H,21,23)/t15-/m0/s1. The van der Waals surface area contributed by atoms with Gasteiger partial charge >= 0.3 is 5.97 Å². The van der Waals surface area contributed by atoms with E-state index in [0.717, 1.165) is 0 Å². The van der Waals surface area contributed by atoms with Gasteiger partial charge < -0.3 is 15.8 Å². The summed E-state index contributed by atoms with van der Waals surface area (Å²) < 4.78 is 17.6. The summed E-state index contributed by atoms with van der Waals surface area (Å²) in [4.78, 5) is 35.5. The van der Waals surface area contributed by atoms with Gasteiger partial charge in [-0.1, -0.05) is 18.2 Å². The highest BCUT2D eigenvalue weighted by atomic mass is 19.1. The number of rotatable bonds is 6. The molecule has 2 amide bonds. The third-order valence-electron chi connectivity index (χ3n) is 3.55. The molecule has 0 radical (unpaired) electrons. The summed E-state index contributed by atoms with van der Waals surface area (Å²) in [5.74, 6) is -2.26. The molecule has 0 heterocycles. The average Bonchev–Trinajstić information content (AvgIpc) is 2.62. The Labute approximate surface area is 143 Å². The van der Waals surface area contributed by atoms with Crippen molar-refractivity contribution in [3.05, 3.63) is 71.0 Å². The minimum atomic E-state index is -0.972. The Balaban J connectivity index is 2.13. The second kappa shape index (κ2) is 8.05. The third kappa shape index (κ3) is 4.87. The number of benzene rings is 2. The van der Waals surface area contributed by atoms with Crippen molar-refractivity contribution < 1.29 is 23.5 Å². The van der Waals surface area contributed by atoms with Crippen molar-refractivity contribution >= 4 is 17.8 Å². The van der Waals surface area contributed by atoms with Gasteiger partial charge in [-0.2, -0.15) is 0 Å². The maximum absolute atomic E-state index is 12.9. The second-order valence-corrected chi connectivity index (χ2v) is 5.33. The van der Waals surface area contributed by atoms with Gasteiger partial charge in [-0.25, -0.2) is 9.18 Å². The summed E-state index contributed by atoms with van der Waals surface area (Å²) in [6.07, 6.45) is 0.123. The van der Waals surface area contributed by atoms with Gasteiger partial charge in [0.1, 0.15) is 11.9 Å². The zero-order chi connectivity index (χ0) is 18.4. The van der Waals surface area contributed by atoms with E-state index in [0.29, 0.717) is 5.56 Å². The van der Waals surface area contributed by atoms with E-state index in [9.17, 15) is 18.8 Å². The molecule has 0 unspecified atom stereocenters. The van der Waals surface area contributed by atoms with E-state index in [1.807, 2.05) is 0 Å². The zero-order valence-electron chi connectivity index (χ0n) is 13.5. The molecule has 0 saturated carbocycles. The van der Waals surface area contributed by atoms with Gasteiger partial charge in [0.25, 0.3) is 5.91 Å². The maximum atomic E-state index is 12.9. The van der Waals surface area contributed by atoms with E-state index in [2.05, 4.69) is 10.1 Å². The molecule has 6 nitrogen and oxygen atoms in total. The van der Waals surface area contributed by atoms with Gasteiger partial charge in [-0.05, 0) is 35.9 Å². The number of hydrogen-bond acceptors (Lipinski definition) is 4. The van der Waals surface area contributed by atoms with Gasteiger partial charge in [-0.15, -0.1) is 0 Å². The van der Waals surface area contributed by atoms with Crippen molar-refractivity contribution in [1.82, 2.24) is 5.32 Å². The monoisotopic (exact) mass is 344 g/mol. The lowest BCUT2D eigenvalue weighted by Gasteiger charge is -2.16. The fraction of sp³-hybridized carbons (Fsp3) is 0.167. The number of methoxy groups -OCH3 is 1. The molecule has 2 rings (SSSR count). The smallest absolute Gasteiger partial charge is 0.337 e. The summed E-state index contributed by atoms with van der Waals surface area (Å²) >= 11 is 0. The predicted octanol–water partition coefficient (Wildman–Crippen LogP) is 1.44. The maximum Gasteiger partial charge on any atom is 0.337 e. The molecule has 0 aromatic heterocycles. The van der Waals surface area contributed by atoms with Gasteiger partial charge in [0, 0.05) is 12.0 Å². The molecule has 1 atom stereocenters. The first-order valence-electron chi connectivity index (χ1n) is 7.43. The minimum absolute atomic E-state index is 0.123. The molecule has 25 heavy (non-hydrogen) atoms. The Morgan fingerprint density at radius 3 is 2.36 bits per heavy atom. The molecule has 0 fully saturated rings. The summed E-state index contributed by atoms with van der Waals surface area (Å²) in [5.41, 5.74) is 6.39.